The molecule has 0 atom stereocenters. The Hall–Kier alpha value is -0.730. The lowest BCUT2D eigenvalue weighted by Gasteiger charge is -2.24. The molecule has 1 radical (unpaired) electrons. The van der Waals surface area contributed by atoms with Gasteiger partial charge in [0.15, 0.2) is 0 Å². The number of hydrogen-bond donors (Lipinski definition) is 1. The van der Waals surface area contributed by atoms with Gasteiger partial charge in [-0.15, -0.1) is 0 Å². The molecule has 1 fully saturated rings. The summed E-state index contributed by atoms with van der Waals surface area (Å²) in [6.07, 6.45) is 2.38. The van der Waals surface area contributed by atoms with Gasteiger partial charge in [0.05, 0.1) is 5.02 Å². The Labute approximate surface area is 95.6 Å². The van der Waals surface area contributed by atoms with Gasteiger partial charge in [-0.25, -0.2) is 0 Å². The van der Waals surface area contributed by atoms with Crippen molar-refractivity contribution in [1.82, 2.24) is 5.32 Å². The Morgan fingerprint density at radius 1 is 1.47 bits per heavy atom. The third kappa shape index (κ3) is 2.86. The topological polar surface area (TPSA) is 21.3 Å². The zero-order chi connectivity index (χ0) is 10.7. The number of rotatable bonds is 2. The monoisotopic (exact) mass is 224 g/mol. The molecule has 2 rings (SSSR count). The van der Waals surface area contributed by atoms with Crippen LogP contribution in [0.5, 0.6) is 5.75 Å². The largest absolute Gasteiger partial charge is 0.489 e. The van der Waals surface area contributed by atoms with Gasteiger partial charge in [0.1, 0.15) is 11.9 Å². The van der Waals surface area contributed by atoms with E-state index in [1.807, 2.05) is 19.1 Å². The number of piperidine rings is 1. The first-order chi connectivity index (χ1) is 7.25. The normalized spacial score (nSPS) is 17.7. The molecule has 1 aromatic carbocycles. The smallest absolute Gasteiger partial charge is 0.138 e. The van der Waals surface area contributed by atoms with Gasteiger partial charge in [-0.05, 0) is 56.6 Å². The van der Waals surface area contributed by atoms with Crippen molar-refractivity contribution in [3.8, 4) is 5.75 Å². The minimum Gasteiger partial charge on any atom is -0.489 e. The van der Waals surface area contributed by atoms with Crippen LogP contribution in [-0.2, 0) is 0 Å². The summed E-state index contributed by atoms with van der Waals surface area (Å²) in [5.41, 5.74) is 1.04. The molecule has 1 saturated heterocycles. The van der Waals surface area contributed by atoms with Crippen LogP contribution in [0.4, 0.5) is 0 Å². The number of halogens is 1. The second-order valence-electron chi connectivity index (χ2n) is 3.90. The molecule has 15 heavy (non-hydrogen) atoms. The molecular weight excluding hydrogens is 210 g/mol. The first kappa shape index (κ1) is 10.8. The fourth-order valence-electron chi connectivity index (χ4n) is 1.73. The van der Waals surface area contributed by atoms with Gasteiger partial charge in [-0.3, -0.25) is 0 Å². The highest BCUT2D eigenvalue weighted by molar-refractivity contribution is 6.32. The summed E-state index contributed by atoms with van der Waals surface area (Å²) >= 11 is 6.09. The molecule has 1 N–H and O–H groups in total. The van der Waals surface area contributed by atoms with Crippen LogP contribution in [0, 0.1) is 13.0 Å². The Morgan fingerprint density at radius 3 is 2.87 bits per heavy atom. The predicted molar refractivity (Wildman–Crippen MR) is 61.5 cm³/mol. The van der Waals surface area contributed by atoms with Crippen LogP contribution in [0.25, 0.3) is 0 Å². The van der Waals surface area contributed by atoms with Crippen molar-refractivity contribution in [3.05, 3.63) is 28.8 Å². The highest BCUT2D eigenvalue weighted by Gasteiger charge is 2.15. The lowest BCUT2D eigenvalue weighted by molar-refractivity contribution is 0.162. The highest BCUT2D eigenvalue weighted by atomic mass is 35.5. The Bertz CT molecular complexity index is 334. The van der Waals surface area contributed by atoms with Crippen LogP contribution < -0.4 is 10.1 Å². The van der Waals surface area contributed by atoms with E-state index in [0.29, 0.717) is 11.1 Å². The summed E-state index contributed by atoms with van der Waals surface area (Å²) in [5.74, 6) is 0.758. The van der Waals surface area contributed by atoms with Crippen LogP contribution in [0.1, 0.15) is 18.4 Å². The van der Waals surface area contributed by atoms with Crippen LogP contribution in [-0.4, -0.2) is 19.2 Å². The maximum Gasteiger partial charge on any atom is 0.138 e. The van der Waals surface area contributed by atoms with Gasteiger partial charge in [-0.1, -0.05) is 11.6 Å². The van der Waals surface area contributed by atoms with E-state index in [-0.39, 0.29) is 0 Å². The van der Waals surface area contributed by atoms with Gasteiger partial charge >= 0.3 is 0 Å². The molecule has 1 aromatic rings. The maximum absolute atomic E-state index is 6.09. The van der Waals surface area contributed by atoms with E-state index < -0.39 is 0 Å². The van der Waals surface area contributed by atoms with Gasteiger partial charge in [0.2, 0.25) is 0 Å². The third-order valence-electron chi connectivity index (χ3n) is 2.59. The molecule has 0 saturated carbocycles. The lowest BCUT2D eigenvalue weighted by atomic mass is 10.1. The second kappa shape index (κ2) is 4.86. The Balaban J connectivity index is 2.03. The summed E-state index contributed by atoms with van der Waals surface area (Å²) < 4.78 is 5.84. The lowest BCUT2D eigenvalue weighted by Crippen LogP contribution is -2.34. The zero-order valence-corrected chi connectivity index (χ0v) is 9.60. The van der Waals surface area contributed by atoms with Gasteiger partial charge in [-0.2, -0.15) is 0 Å². The average Bonchev–Trinajstić information content (AvgIpc) is 2.24. The van der Waals surface area contributed by atoms with Crippen LogP contribution in [0.2, 0.25) is 5.02 Å². The fraction of sp³-hybridized carbons (Fsp3) is 0.500. The number of aryl methyl sites for hydroxylation is 1. The summed E-state index contributed by atoms with van der Waals surface area (Å²) in [5, 5.41) is 3.99. The van der Waals surface area contributed by atoms with E-state index in [0.717, 1.165) is 37.2 Å². The number of benzene rings is 1. The van der Waals surface area contributed by atoms with Crippen LogP contribution >= 0.6 is 11.6 Å². The van der Waals surface area contributed by atoms with Crippen molar-refractivity contribution in [2.24, 2.45) is 0 Å². The highest BCUT2D eigenvalue weighted by Crippen LogP contribution is 2.27. The standard InChI is InChI=1S/C12H15ClNO/c1-9-2-3-12(11(13)8-9)15-10-4-6-14-7-5-10/h3,8,10,14H,4-7H2,1H3. The molecule has 1 aliphatic heterocycles. The molecule has 0 aromatic heterocycles. The number of ether oxygens (including phenoxy) is 1. The molecule has 0 amide bonds. The van der Waals surface area contributed by atoms with Crippen molar-refractivity contribution in [3.63, 3.8) is 0 Å². The number of hydrogen-bond acceptors (Lipinski definition) is 2. The van der Waals surface area contributed by atoms with Gasteiger partial charge < -0.3 is 10.1 Å². The van der Waals surface area contributed by atoms with Gasteiger partial charge in [0, 0.05) is 0 Å². The molecule has 2 nitrogen and oxygen atoms in total. The summed E-state index contributed by atoms with van der Waals surface area (Å²) in [4.78, 5) is 0. The molecule has 1 heterocycles. The average molecular weight is 225 g/mol. The van der Waals surface area contributed by atoms with E-state index in [1.165, 1.54) is 0 Å². The molecule has 0 spiro atoms. The van der Waals surface area contributed by atoms with Crippen molar-refractivity contribution >= 4 is 11.6 Å². The Morgan fingerprint density at radius 2 is 2.20 bits per heavy atom. The summed E-state index contributed by atoms with van der Waals surface area (Å²) in [6.45, 7) is 4.02. The van der Waals surface area contributed by atoms with Crippen LogP contribution in [0.15, 0.2) is 12.1 Å². The molecule has 81 valence electrons. The quantitative estimate of drug-likeness (QED) is 0.834. The van der Waals surface area contributed by atoms with Crippen LogP contribution in [0.3, 0.4) is 0 Å². The van der Waals surface area contributed by atoms with Crippen molar-refractivity contribution < 1.29 is 4.74 Å². The van der Waals surface area contributed by atoms with Crippen molar-refractivity contribution in [1.29, 1.82) is 0 Å². The maximum atomic E-state index is 6.09. The molecule has 3 heteroatoms. The van der Waals surface area contributed by atoms with E-state index in [4.69, 9.17) is 16.3 Å². The first-order valence-electron chi connectivity index (χ1n) is 5.31. The molecule has 0 bridgehead atoms. The molecule has 0 unspecified atom stereocenters. The number of nitrogens with one attached hydrogen (secondary N) is 1. The Kier molecular flexibility index (Phi) is 3.49. The fourth-order valence-corrected chi connectivity index (χ4v) is 2.00. The third-order valence-corrected chi connectivity index (χ3v) is 2.88. The van der Waals surface area contributed by atoms with Crippen molar-refractivity contribution in [2.75, 3.05) is 13.1 Å². The first-order valence-corrected chi connectivity index (χ1v) is 5.69. The molecular formula is C12H15ClNO. The SMILES string of the molecule is Cc1[c]cc(OC2CCNCC2)c(Cl)c1. The second-order valence-corrected chi connectivity index (χ2v) is 4.30. The van der Waals surface area contributed by atoms with Gasteiger partial charge in [0.25, 0.3) is 0 Å². The van der Waals surface area contributed by atoms with Crippen molar-refractivity contribution in [2.45, 2.75) is 25.9 Å². The summed E-state index contributed by atoms with van der Waals surface area (Å²) in [6, 6.07) is 6.83. The molecule has 0 aliphatic carbocycles. The molecule has 1 aliphatic rings. The minimum absolute atomic E-state index is 0.292. The minimum atomic E-state index is 0.292. The zero-order valence-electron chi connectivity index (χ0n) is 8.85. The van der Waals surface area contributed by atoms with E-state index in [2.05, 4.69) is 11.4 Å². The van der Waals surface area contributed by atoms with E-state index in [9.17, 15) is 0 Å². The van der Waals surface area contributed by atoms with E-state index >= 15 is 0 Å². The predicted octanol–water partition coefficient (Wildman–Crippen LogP) is 2.58. The van der Waals surface area contributed by atoms with E-state index in [1.54, 1.807) is 0 Å². The summed E-state index contributed by atoms with van der Waals surface area (Å²) in [7, 11) is 0.